The Bertz CT molecular complexity index is 1260. The predicted molar refractivity (Wildman–Crippen MR) is 163 cm³/mol. The molecule has 44 heavy (non-hydrogen) atoms. The molecule has 1 aliphatic carbocycles. The molecule has 1 amide bonds. The Morgan fingerprint density at radius 1 is 1.05 bits per heavy atom. The van der Waals surface area contributed by atoms with Crippen LogP contribution in [0.25, 0.3) is 0 Å². The molecule has 3 rings (SSSR count). The van der Waals surface area contributed by atoms with Gasteiger partial charge in [0.05, 0.1) is 6.10 Å². The summed E-state index contributed by atoms with van der Waals surface area (Å²) in [4.78, 5) is 27.4. The number of nitrogens with zero attached hydrogens (tertiary/aromatic N) is 2. The van der Waals surface area contributed by atoms with E-state index >= 15 is 0 Å². The van der Waals surface area contributed by atoms with Crippen LogP contribution in [0.3, 0.4) is 0 Å². The number of esters is 1. The molecule has 2 atom stereocenters. The van der Waals surface area contributed by atoms with Gasteiger partial charge < -0.3 is 19.1 Å². The normalized spacial score (nSPS) is 20.6. The van der Waals surface area contributed by atoms with Crippen molar-refractivity contribution < 1.29 is 41.0 Å². The molecule has 0 N–H and O–H groups in total. The topological polar surface area (TPSA) is 102 Å². The highest BCUT2D eigenvalue weighted by Crippen LogP contribution is 2.36. The van der Waals surface area contributed by atoms with E-state index in [1.54, 1.807) is 58.6 Å². The maximum Gasteiger partial charge on any atom is 0.410 e. The Morgan fingerprint density at radius 2 is 1.66 bits per heavy atom. The molecular weight excluding hydrogens is 594 g/mol. The van der Waals surface area contributed by atoms with E-state index in [4.69, 9.17) is 14.2 Å². The first kappa shape index (κ1) is 36.0. The Morgan fingerprint density at radius 3 is 2.25 bits per heavy atom. The molecule has 12 heteroatoms. The number of amides is 1. The standard InChI is InChI=1S/C32H50F2N2O7S/c1-22-13-14-27(44(39,40)36-20-10-12-25(36)28(37)42-30(3,4)5)26(21-22)41-23(2)11-9-19-35(29(38)43-31(6,7)8)24-15-17-32(33,34)18-16-24/h13-14,21,23-25H,9-12,15-20H2,1-8H3/t23-,25+/m1/s1. The number of sulfonamides is 1. The quantitative estimate of drug-likeness (QED) is 0.257. The van der Waals surface area contributed by atoms with Crippen molar-refractivity contribution in [3.63, 3.8) is 0 Å². The summed E-state index contributed by atoms with van der Waals surface area (Å²) in [6.45, 7) is 14.7. The second-order valence-corrected chi connectivity index (χ2v) is 15.9. The zero-order chi connectivity index (χ0) is 33.1. The summed E-state index contributed by atoms with van der Waals surface area (Å²) in [7, 11) is -4.09. The fourth-order valence-electron chi connectivity index (χ4n) is 5.58. The van der Waals surface area contributed by atoms with E-state index in [0.717, 1.165) is 5.56 Å². The van der Waals surface area contributed by atoms with Crippen LogP contribution in [-0.4, -0.2) is 78.1 Å². The van der Waals surface area contributed by atoms with Gasteiger partial charge in [0.1, 0.15) is 27.9 Å². The molecule has 2 fully saturated rings. The summed E-state index contributed by atoms with van der Waals surface area (Å²) in [6, 6.07) is 3.60. The molecule has 0 aromatic heterocycles. The molecular formula is C32H50F2N2O7S. The molecule has 1 saturated carbocycles. The van der Waals surface area contributed by atoms with Gasteiger partial charge in [0.2, 0.25) is 15.9 Å². The highest BCUT2D eigenvalue weighted by molar-refractivity contribution is 7.89. The van der Waals surface area contributed by atoms with Crippen LogP contribution in [0.15, 0.2) is 23.1 Å². The van der Waals surface area contributed by atoms with Crippen LogP contribution in [-0.2, 0) is 24.3 Å². The fraction of sp³-hybridized carbons (Fsp3) is 0.750. The van der Waals surface area contributed by atoms with Crippen molar-refractivity contribution in [2.24, 2.45) is 0 Å². The lowest BCUT2D eigenvalue weighted by Crippen LogP contribution is -2.46. The fourth-order valence-corrected chi connectivity index (χ4v) is 7.33. The number of alkyl halides is 2. The minimum absolute atomic E-state index is 0.0241. The van der Waals surface area contributed by atoms with Gasteiger partial charge >= 0.3 is 12.1 Å². The summed E-state index contributed by atoms with van der Waals surface area (Å²) in [5.74, 6) is -3.10. The average Bonchev–Trinajstić information content (AvgIpc) is 3.36. The molecule has 1 heterocycles. The van der Waals surface area contributed by atoms with Crippen LogP contribution < -0.4 is 4.74 Å². The van der Waals surface area contributed by atoms with Crippen molar-refractivity contribution >= 4 is 22.1 Å². The summed E-state index contributed by atoms with van der Waals surface area (Å²) in [6.07, 6.45) is 0.773. The van der Waals surface area contributed by atoms with Crippen molar-refractivity contribution in [3.05, 3.63) is 23.8 Å². The first-order chi connectivity index (χ1) is 20.2. The predicted octanol–water partition coefficient (Wildman–Crippen LogP) is 6.85. The Balaban J connectivity index is 1.72. The lowest BCUT2D eigenvalue weighted by molar-refractivity contribution is -0.158. The zero-order valence-corrected chi connectivity index (χ0v) is 28.3. The largest absolute Gasteiger partial charge is 0.489 e. The number of carbonyl (C=O) groups excluding carboxylic acids is 2. The van der Waals surface area contributed by atoms with Crippen LogP contribution in [0.2, 0.25) is 0 Å². The summed E-state index contributed by atoms with van der Waals surface area (Å²) >= 11 is 0. The molecule has 0 spiro atoms. The van der Waals surface area contributed by atoms with Crippen LogP contribution in [0.1, 0.15) is 105 Å². The molecule has 0 radical (unpaired) electrons. The van der Waals surface area contributed by atoms with E-state index in [0.29, 0.717) is 32.2 Å². The van der Waals surface area contributed by atoms with Crippen LogP contribution in [0, 0.1) is 6.92 Å². The summed E-state index contributed by atoms with van der Waals surface area (Å²) in [5, 5.41) is 0. The van der Waals surface area contributed by atoms with Gasteiger partial charge in [-0.05, 0) is 112 Å². The van der Waals surface area contributed by atoms with E-state index in [1.807, 2.05) is 13.8 Å². The number of aryl methyl sites for hydroxylation is 1. The Kier molecular flexibility index (Phi) is 11.4. The van der Waals surface area contributed by atoms with E-state index in [2.05, 4.69) is 0 Å². The molecule has 0 bridgehead atoms. The number of benzene rings is 1. The van der Waals surface area contributed by atoms with Crippen molar-refractivity contribution in [2.45, 2.75) is 147 Å². The Labute approximate surface area is 261 Å². The second-order valence-electron chi connectivity index (χ2n) is 14.1. The maximum atomic E-state index is 13.9. The van der Waals surface area contributed by atoms with Gasteiger partial charge in [0.15, 0.2) is 0 Å². The first-order valence-electron chi connectivity index (χ1n) is 15.6. The molecule has 1 aliphatic heterocycles. The van der Waals surface area contributed by atoms with Crippen molar-refractivity contribution in [1.29, 1.82) is 0 Å². The van der Waals surface area contributed by atoms with E-state index in [1.165, 1.54) is 10.4 Å². The lowest BCUT2D eigenvalue weighted by atomic mass is 9.91. The van der Waals surface area contributed by atoms with E-state index in [-0.39, 0.29) is 48.9 Å². The third kappa shape index (κ3) is 10.0. The number of carbonyl (C=O) groups is 2. The highest BCUT2D eigenvalue weighted by atomic mass is 32.2. The minimum atomic E-state index is -4.09. The van der Waals surface area contributed by atoms with Gasteiger partial charge in [-0.25, -0.2) is 22.0 Å². The van der Waals surface area contributed by atoms with Crippen LogP contribution in [0.4, 0.5) is 13.6 Å². The van der Waals surface area contributed by atoms with Gasteiger partial charge in [-0.3, -0.25) is 4.79 Å². The van der Waals surface area contributed by atoms with Crippen molar-refractivity contribution in [3.8, 4) is 5.75 Å². The summed E-state index contributed by atoms with van der Waals surface area (Å²) in [5.41, 5.74) is -0.666. The molecule has 1 saturated heterocycles. The van der Waals surface area contributed by atoms with Gasteiger partial charge in [-0.15, -0.1) is 0 Å². The number of hydrogen-bond acceptors (Lipinski definition) is 7. The minimum Gasteiger partial charge on any atom is -0.489 e. The Hall–Kier alpha value is -2.47. The maximum absolute atomic E-state index is 13.9. The van der Waals surface area contributed by atoms with Crippen LogP contribution in [0.5, 0.6) is 5.75 Å². The van der Waals surface area contributed by atoms with Crippen LogP contribution >= 0.6 is 0 Å². The molecule has 1 aromatic rings. The molecule has 1 aromatic carbocycles. The third-order valence-electron chi connectivity index (χ3n) is 7.66. The smallest absolute Gasteiger partial charge is 0.410 e. The number of rotatable bonds is 10. The van der Waals surface area contributed by atoms with E-state index < -0.39 is 51.4 Å². The van der Waals surface area contributed by atoms with Crippen molar-refractivity contribution in [2.75, 3.05) is 13.1 Å². The highest BCUT2D eigenvalue weighted by Gasteiger charge is 2.43. The SMILES string of the molecule is Cc1ccc(S(=O)(=O)N2CCC[C@H]2C(=O)OC(C)(C)C)c(O[C@H](C)CCCN(C(=O)OC(C)(C)C)C2CCC(F)(F)CC2)c1. The van der Waals surface area contributed by atoms with Crippen molar-refractivity contribution in [1.82, 2.24) is 9.21 Å². The zero-order valence-electron chi connectivity index (χ0n) is 27.5. The average molecular weight is 645 g/mol. The lowest BCUT2D eigenvalue weighted by Gasteiger charge is -2.37. The molecule has 250 valence electrons. The second kappa shape index (κ2) is 13.9. The van der Waals surface area contributed by atoms with Gasteiger partial charge in [0.25, 0.3) is 0 Å². The van der Waals surface area contributed by atoms with Gasteiger partial charge in [-0.1, -0.05) is 6.07 Å². The molecule has 2 aliphatic rings. The number of hydrogen-bond donors (Lipinski definition) is 0. The molecule has 9 nitrogen and oxygen atoms in total. The van der Waals surface area contributed by atoms with Gasteiger partial charge in [-0.2, -0.15) is 4.31 Å². The third-order valence-corrected chi connectivity index (χ3v) is 9.61. The van der Waals surface area contributed by atoms with Gasteiger partial charge in [0, 0.05) is 32.0 Å². The first-order valence-corrected chi connectivity index (χ1v) is 17.0. The van der Waals surface area contributed by atoms with E-state index in [9.17, 15) is 26.8 Å². The molecule has 0 unspecified atom stereocenters. The summed E-state index contributed by atoms with van der Waals surface area (Å²) < 4.78 is 73.9. The number of halogens is 2. The monoisotopic (exact) mass is 644 g/mol. The number of ether oxygens (including phenoxy) is 3.